The first-order valence-corrected chi connectivity index (χ1v) is 7.37. The van der Waals surface area contributed by atoms with E-state index in [-0.39, 0.29) is 18.1 Å². The predicted octanol–water partition coefficient (Wildman–Crippen LogP) is 2.94. The second-order valence-corrected chi connectivity index (χ2v) is 5.56. The summed E-state index contributed by atoms with van der Waals surface area (Å²) >= 11 is 6.66. The van der Waals surface area contributed by atoms with Crippen LogP contribution >= 0.6 is 23.4 Å². The van der Waals surface area contributed by atoms with Crippen LogP contribution < -0.4 is 0 Å². The van der Waals surface area contributed by atoms with E-state index < -0.39 is 17.1 Å². The van der Waals surface area contributed by atoms with E-state index >= 15 is 0 Å². The average Bonchev–Trinajstić information content (AvgIpc) is 2.67. The largest absolute Gasteiger partial charge is 0.465 e. The van der Waals surface area contributed by atoms with Gasteiger partial charge in [-0.05, 0) is 42.5 Å². The van der Waals surface area contributed by atoms with Crippen LogP contribution in [0.3, 0.4) is 0 Å². The Labute approximate surface area is 130 Å². The van der Waals surface area contributed by atoms with Gasteiger partial charge in [0.05, 0.1) is 11.5 Å². The van der Waals surface area contributed by atoms with Crippen LogP contribution in [-0.4, -0.2) is 35.2 Å². The fourth-order valence-electron chi connectivity index (χ4n) is 1.72. The number of hydrogen-bond donors (Lipinski definition) is 0. The molecule has 1 aliphatic heterocycles. The zero-order chi connectivity index (χ0) is 15.4. The van der Waals surface area contributed by atoms with Gasteiger partial charge in [0.2, 0.25) is 0 Å². The minimum Gasteiger partial charge on any atom is -0.465 e. The van der Waals surface area contributed by atoms with Crippen LogP contribution in [0, 0.1) is 0 Å². The van der Waals surface area contributed by atoms with Crippen molar-refractivity contribution in [2.24, 2.45) is 0 Å². The van der Waals surface area contributed by atoms with E-state index in [0.717, 1.165) is 16.7 Å². The Morgan fingerprint density at radius 1 is 1.43 bits per heavy atom. The van der Waals surface area contributed by atoms with Gasteiger partial charge < -0.3 is 4.74 Å². The molecular weight excluding hydrogens is 314 g/mol. The van der Waals surface area contributed by atoms with Gasteiger partial charge in [0, 0.05) is 5.02 Å². The SMILES string of the molecule is CCOC(=O)CN1C(=O)S/C(=C\c2cccc(Cl)c2)C1=O. The maximum Gasteiger partial charge on any atom is 0.326 e. The maximum absolute atomic E-state index is 12.1. The number of carbonyl (C=O) groups excluding carboxylic acids is 3. The summed E-state index contributed by atoms with van der Waals surface area (Å²) < 4.78 is 4.74. The molecule has 1 aromatic rings. The van der Waals surface area contributed by atoms with Crippen molar-refractivity contribution in [3.05, 3.63) is 39.8 Å². The molecule has 1 fully saturated rings. The highest BCUT2D eigenvalue weighted by Crippen LogP contribution is 2.32. The van der Waals surface area contributed by atoms with Crippen molar-refractivity contribution in [1.82, 2.24) is 4.90 Å². The number of hydrogen-bond acceptors (Lipinski definition) is 5. The highest BCUT2D eigenvalue weighted by atomic mass is 35.5. The number of nitrogens with zero attached hydrogens (tertiary/aromatic N) is 1. The number of thioether (sulfide) groups is 1. The zero-order valence-electron chi connectivity index (χ0n) is 11.2. The van der Waals surface area contributed by atoms with Crippen molar-refractivity contribution < 1.29 is 19.1 Å². The van der Waals surface area contributed by atoms with Crippen LogP contribution in [0.1, 0.15) is 12.5 Å². The van der Waals surface area contributed by atoms with E-state index in [1.807, 2.05) is 0 Å². The fourth-order valence-corrected chi connectivity index (χ4v) is 2.76. The summed E-state index contributed by atoms with van der Waals surface area (Å²) in [6, 6.07) is 6.91. The molecule has 5 nitrogen and oxygen atoms in total. The van der Waals surface area contributed by atoms with Crippen LogP contribution in [0.5, 0.6) is 0 Å². The van der Waals surface area contributed by atoms with E-state index in [0.29, 0.717) is 10.6 Å². The van der Waals surface area contributed by atoms with Crippen molar-refractivity contribution in [3.8, 4) is 0 Å². The number of carbonyl (C=O) groups is 3. The quantitative estimate of drug-likeness (QED) is 0.629. The molecule has 0 aliphatic carbocycles. The molecule has 0 N–H and O–H groups in total. The van der Waals surface area contributed by atoms with E-state index in [1.165, 1.54) is 0 Å². The van der Waals surface area contributed by atoms with Crippen molar-refractivity contribution in [1.29, 1.82) is 0 Å². The molecule has 1 heterocycles. The lowest BCUT2D eigenvalue weighted by Crippen LogP contribution is -2.34. The standard InChI is InChI=1S/C14H12ClNO4S/c1-2-20-12(17)8-16-13(18)11(21-14(16)19)7-9-4-3-5-10(15)6-9/h3-7H,2,8H2,1H3/b11-7-. The molecule has 1 saturated heterocycles. The molecule has 0 radical (unpaired) electrons. The molecule has 2 rings (SSSR count). The Bertz CT molecular complexity index is 629. The number of amides is 2. The van der Waals surface area contributed by atoms with Crippen molar-refractivity contribution >= 4 is 46.6 Å². The number of imide groups is 1. The molecule has 21 heavy (non-hydrogen) atoms. The smallest absolute Gasteiger partial charge is 0.326 e. The monoisotopic (exact) mass is 325 g/mol. The lowest BCUT2D eigenvalue weighted by molar-refractivity contribution is -0.145. The van der Waals surface area contributed by atoms with Gasteiger partial charge in [-0.3, -0.25) is 19.3 Å². The molecule has 0 spiro atoms. The van der Waals surface area contributed by atoms with Crippen LogP contribution in [-0.2, 0) is 14.3 Å². The summed E-state index contributed by atoms with van der Waals surface area (Å²) in [5.41, 5.74) is 0.712. The van der Waals surface area contributed by atoms with Gasteiger partial charge in [0.1, 0.15) is 6.54 Å². The average molecular weight is 326 g/mol. The molecule has 110 valence electrons. The first-order valence-electron chi connectivity index (χ1n) is 6.18. The van der Waals surface area contributed by atoms with E-state index in [1.54, 1.807) is 37.3 Å². The maximum atomic E-state index is 12.1. The summed E-state index contributed by atoms with van der Waals surface area (Å²) in [5, 5.41) is 0.0517. The molecule has 0 bridgehead atoms. The van der Waals surface area contributed by atoms with Crippen LogP contribution in [0.15, 0.2) is 29.2 Å². The third-order valence-corrected chi connectivity index (χ3v) is 3.76. The molecule has 7 heteroatoms. The minimum atomic E-state index is -0.608. The second kappa shape index (κ2) is 6.78. The molecule has 1 aromatic carbocycles. The van der Waals surface area contributed by atoms with Gasteiger partial charge in [-0.25, -0.2) is 0 Å². The summed E-state index contributed by atoms with van der Waals surface area (Å²) in [4.78, 5) is 36.4. The van der Waals surface area contributed by atoms with E-state index in [2.05, 4.69) is 0 Å². The van der Waals surface area contributed by atoms with Crippen molar-refractivity contribution in [3.63, 3.8) is 0 Å². The van der Waals surface area contributed by atoms with Gasteiger partial charge in [-0.15, -0.1) is 0 Å². The Morgan fingerprint density at radius 2 is 2.19 bits per heavy atom. The molecule has 0 saturated carbocycles. The number of rotatable bonds is 4. The molecular formula is C14H12ClNO4S. The topological polar surface area (TPSA) is 63.7 Å². The Balaban J connectivity index is 2.16. The highest BCUT2D eigenvalue weighted by molar-refractivity contribution is 8.18. The number of benzene rings is 1. The Kier molecular flexibility index (Phi) is 5.03. The summed E-state index contributed by atoms with van der Waals surface area (Å²) in [6.45, 7) is 1.49. The fraction of sp³-hybridized carbons (Fsp3) is 0.214. The van der Waals surface area contributed by atoms with Gasteiger partial charge in [-0.1, -0.05) is 23.7 Å². The zero-order valence-corrected chi connectivity index (χ0v) is 12.7. The van der Waals surface area contributed by atoms with E-state index in [4.69, 9.17) is 16.3 Å². The summed E-state index contributed by atoms with van der Waals surface area (Å²) in [5.74, 6) is -1.11. The van der Waals surface area contributed by atoms with Crippen molar-refractivity contribution in [2.75, 3.05) is 13.2 Å². The lowest BCUT2D eigenvalue weighted by Gasteiger charge is -2.10. The van der Waals surface area contributed by atoms with Gasteiger partial charge in [-0.2, -0.15) is 0 Å². The number of esters is 1. The van der Waals surface area contributed by atoms with Crippen LogP contribution in [0.2, 0.25) is 5.02 Å². The summed E-state index contributed by atoms with van der Waals surface area (Å²) in [6.07, 6.45) is 1.57. The molecule has 0 atom stereocenters. The molecule has 1 aliphatic rings. The third kappa shape index (κ3) is 3.86. The lowest BCUT2D eigenvalue weighted by atomic mass is 10.2. The molecule has 2 amide bonds. The Hall–Kier alpha value is -1.79. The van der Waals surface area contributed by atoms with Gasteiger partial charge >= 0.3 is 5.97 Å². The number of ether oxygens (including phenoxy) is 1. The highest BCUT2D eigenvalue weighted by Gasteiger charge is 2.36. The second-order valence-electron chi connectivity index (χ2n) is 4.13. The first-order chi connectivity index (χ1) is 10.0. The van der Waals surface area contributed by atoms with Crippen LogP contribution in [0.4, 0.5) is 4.79 Å². The Morgan fingerprint density at radius 3 is 2.86 bits per heavy atom. The van der Waals surface area contributed by atoms with E-state index in [9.17, 15) is 14.4 Å². The van der Waals surface area contributed by atoms with Gasteiger partial charge in [0.15, 0.2) is 0 Å². The van der Waals surface area contributed by atoms with Crippen molar-refractivity contribution in [2.45, 2.75) is 6.92 Å². The molecule has 0 unspecified atom stereocenters. The summed E-state index contributed by atoms with van der Waals surface area (Å²) in [7, 11) is 0. The predicted molar refractivity (Wildman–Crippen MR) is 80.8 cm³/mol. The molecule has 0 aromatic heterocycles. The first kappa shape index (κ1) is 15.6. The minimum absolute atomic E-state index is 0.202. The normalized spacial score (nSPS) is 16.7. The third-order valence-electron chi connectivity index (χ3n) is 2.61. The number of halogens is 1. The van der Waals surface area contributed by atoms with Crippen LogP contribution in [0.25, 0.3) is 6.08 Å². The van der Waals surface area contributed by atoms with Gasteiger partial charge in [0.25, 0.3) is 11.1 Å².